The van der Waals surface area contributed by atoms with E-state index in [2.05, 4.69) is 14.4 Å². The highest BCUT2D eigenvalue weighted by Crippen LogP contribution is 2.38. The van der Waals surface area contributed by atoms with Gasteiger partial charge in [0.25, 0.3) is 12.0 Å². The molecule has 0 aliphatic rings. The third-order valence-electron chi connectivity index (χ3n) is 4.67. The molecule has 0 bridgehead atoms. The molecule has 4 aromatic rings. The Labute approximate surface area is 197 Å². The van der Waals surface area contributed by atoms with E-state index in [1.807, 2.05) is 36.4 Å². The van der Waals surface area contributed by atoms with Crippen molar-refractivity contribution in [2.45, 2.75) is 6.92 Å². The van der Waals surface area contributed by atoms with Crippen LogP contribution in [0.15, 0.2) is 71.8 Å². The number of para-hydroxylation sites is 1. The first-order valence-electron chi connectivity index (χ1n) is 10.3. The topological polar surface area (TPSA) is 119 Å². The fraction of sp³-hybridized carbons (Fsp3) is 0.167. The van der Waals surface area contributed by atoms with Crippen molar-refractivity contribution in [1.82, 2.24) is 9.55 Å². The highest BCUT2D eigenvalue weighted by atomic mass is 32.2. The van der Waals surface area contributed by atoms with Crippen LogP contribution in [0, 0.1) is 0 Å². The molecule has 9 nitrogen and oxygen atoms in total. The number of aryl methyl sites for hydroxylation is 1. The summed E-state index contributed by atoms with van der Waals surface area (Å²) in [6.07, 6.45) is 4.51. The number of pyridine rings is 1. The Morgan fingerprint density at radius 1 is 1.09 bits per heavy atom. The second-order valence-corrected chi connectivity index (χ2v) is 9.03. The predicted molar refractivity (Wildman–Crippen MR) is 132 cm³/mol. The first-order valence-corrected chi connectivity index (χ1v) is 12.2. The van der Waals surface area contributed by atoms with Crippen LogP contribution < -0.4 is 15.0 Å². The van der Waals surface area contributed by atoms with Crippen LogP contribution in [0.1, 0.15) is 6.92 Å². The summed E-state index contributed by atoms with van der Waals surface area (Å²) in [5.41, 5.74) is 2.12. The van der Waals surface area contributed by atoms with Gasteiger partial charge in [0.2, 0.25) is 10.0 Å². The molecule has 4 rings (SSSR count). The van der Waals surface area contributed by atoms with Gasteiger partial charge in [0.1, 0.15) is 17.0 Å². The van der Waals surface area contributed by atoms with E-state index in [0.29, 0.717) is 41.3 Å². The molecule has 0 aliphatic carbocycles. The number of rotatable bonds is 7. The maximum Gasteiger partial charge on any atom is 0.293 e. The van der Waals surface area contributed by atoms with E-state index >= 15 is 0 Å². The molecule has 0 spiro atoms. The molecular weight excluding hydrogens is 458 g/mol. The van der Waals surface area contributed by atoms with Gasteiger partial charge in [-0.15, -0.1) is 0 Å². The summed E-state index contributed by atoms with van der Waals surface area (Å²) in [7, 11) is -1.78. The van der Waals surface area contributed by atoms with E-state index < -0.39 is 10.0 Å². The first kappa shape index (κ1) is 24.6. The zero-order valence-corrected chi connectivity index (χ0v) is 19.8. The van der Waals surface area contributed by atoms with E-state index in [0.717, 1.165) is 17.2 Å². The average molecular weight is 484 g/mol. The van der Waals surface area contributed by atoms with Crippen molar-refractivity contribution >= 4 is 33.1 Å². The molecule has 2 heterocycles. The van der Waals surface area contributed by atoms with Crippen LogP contribution in [0.25, 0.3) is 22.0 Å². The second kappa shape index (κ2) is 10.7. The molecule has 0 saturated heterocycles. The summed E-state index contributed by atoms with van der Waals surface area (Å²) >= 11 is 0. The van der Waals surface area contributed by atoms with E-state index in [1.54, 1.807) is 44.6 Å². The normalized spacial score (nSPS) is 10.8. The Bertz CT molecular complexity index is 1440. The minimum atomic E-state index is -3.45. The van der Waals surface area contributed by atoms with Crippen molar-refractivity contribution in [3.63, 3.8) is 0 Å². The third kappa shape index (κ3) is 6.04. The number of sulfonamides is 1. The molecule has 34 heavy (non-hydrogen) atoms. The number of H-pyrrole nitrogens is 1. The number of nitrogens with one attached hydrogen (secondary N) is 2. The number of anilines is 1. The quantitative estimate of drug-likeness (QED) is 0.385. The van der Waals surface area contributed by atoms with Gasteiger partial charge in [-0.05, 0) is 43.3 Å². The van der Waals surface area contributed by atoms with Crippen molar-refractivity contribution in [2.24, 2.45) is 7.05 Å². The van der Waals surface area contributed by atoms with Gasteiger partial charge in [-0.1, -0.05) is 18.2 Å². The lowest BCUT2D eigenvalue weighted by Crippen LogP contribution is -2.16. The summed E-state index contributed by atoms with van der Waals surface area (Å²) in [6.45, 7) is 2.66. The molecule has 0 atom stereocenters. The molecule has 178 valence electrons. The fourth-order valence-electron chi connectivity index (χ4n) is 3.27. The van der Waals surface area contributed by atoms with Gasteiger partial charge in [0, 0.05) is 41.6 Å². The van der Waals surface area contributed by atoms with Crippen molar-refractivity contribution in [1.29, 1.82) is 0 Å². The van der Waals surface area contributed by atoms with Crippen molar-refractivity contribution in [2.75, 3.05) is 17.6 Å². The molecular formula is C24H25N3O6S. The van der Waals surface area contributed by atoms with Crippen LogP contribution >= 0.6 is 0 Å². The number of benzene rings is 2. The molecule has 0 saturated carbocycles. The highest BCUT2D eigenvalue weighted by Gasteiger charge is 2.16. The molecule has 0 radical (unpaired) electrons. The lowest BCUT2D eigenvalue weighted by molar-refractivity contribution is -0.128. The Kier molecular flexibility index (Phi) is 7.75. The van der Waals surface area contributed by atoms with Crippen LogP contribution in [0.4, 0.5) is 5.69 Å². The smallest absolute Gasteiger partial charge is 0.293 e. The molecule has 2 aromatic heterocycles. The Balaban J connectivity index is 0.000000588. The van der Waals surface area contributed by atoms with E-state index in [9.17, 15) is 18.0 Å². The van der Waals surface area contributed by atoms with E-state index in [-0.39, 0.29) is 5.56 Å². The zero-order chi connectivity index (χ0) is 24.7. The van der Waals surface area contributed by atoms with Gasteiger partial charge < -0.3 is 19.0 Å². The monoisotopic (exact) mass is 483 g/mol. The van der Waals surface area contributed by atoms with Crippen molar-refractivity contribution < 1.29 is 22.7 Å². The first-order chi connectivity index (χ1) is 16.2. The molecule has 10 heteroatoms. The Morgan fingerprint density at radius 2 is 1.82 bits per heavy atom. The van der Waals surface area contributed by atoms with Crippen molar-refractivity contribution in [3.8, 4) is 22.6 Å². The van der Waals surface area contributed by atoms with Crippen LogP contribution in [0.2, 0.25) is 0 Å². The van der Waals surface area contributed by atoms with Crippen LogP contribution in [-0.4, -0.2) is 37.3 Å². The summed E-state index contributed by atoms with van der Waals surface area (Å²) in [4.78, 5) is 24.6. The van der Waals surface area contributed by atoms with Gasteiger partial charge in [-0.3, -0.25) is 14.3 Å². The number of carbonyl (C=O) groups is 1. The van der Waals surface area contributed by atoms with E-state index in [1.165, 1.54) is 4.57 Å². The Hall–Kier alpha value is -4.05. The maximum atomic E-state index is 12.4. The van der Waals surface area contributed by atoms with Crippen LogP contribution in [0.3, 0.4) is 0 Å². The van der Waals surface area contributed by atoms with Crippen LogP contribution in [-0.2, 0) is 26.6 Å². The summed E-state index contributed by atoms with van der Waals surface area (Å²) in [5.74, 6) is 1.18. The van der Waals surface area contributed by atoms with E-state index in [4.69, 9.17) is 4.74 Å². The second-order valence-electron chi connectivity index (χ2n) is 7.28. The number of fused-ring (bicyclic) bond motifs is 1. The minimum Gasteiger partial charge on any atom is -0.468 e. The number of ether oxygens (including phenoxy) is 2. The molecule has 2 aromatic carbocycles. The van der Waals surface area contributed by atoms with Gasteiger partial charge in [-0.25, -0.2) is 8.42 Å². The Morgan fingerprint density at radius 3 is 2.44 bits per heavy atom. The third-order valence-corrected chi connectivity index (χ3v) is 5.28. The van der Waals surface area contributed by atoms with Gasteiger partial charge in [-0.2, -0.15) is 0 Å². The zero-order valence-electron chi connectivity index (χ0n) is 18.9. The lowest BCUT2D eigenvalue weighted by atomic mass is 10.0. The maximum absolute atomic E-state index is 12.4. The highest BCUT2D eigenvalue weighted by molar-refractivity contribution is 7.92. The van der Waals surface area contributed by atoms with Crippen molar-refractivity contribution in [3.05, 3.63) is 77.3 Å². The molecule has 2 N–H and O–H groups in total. The predicted octanol–water partition coefficient (Wildman–Crippen LogP) is 3.88. The van der Waals surface area contributed by atoms with Gasteiger partial charge in [0.05, 0.1) is 12.9 Å². The lowest BCUT2D eigenvalue weighted by Gasteiger charge is -2.15. The van der Waals surface area contributed by atoms with Crippen LogP contribution in [0.5, 0.6) is 11.5 Å². The molecule has 0 aliphatic heterocycles. The molecule has 0 amide bonds. The minimum absolute atomic E-state index is 0.148. The number of hydrogen-bond acceptors (Lipinski definition) is 6. The summed E-state index contributed by atoms with van der Waals surface area (Å²) in [6, 6.07) is 16.1. The number of aromatic nitrogens is 2. The summed E-state index contributed by atoms with van der Waals surface area (Å²) < 4.78 is 37.6. The van der Waals surface area contributed by atoms with Gasteiger partial charge in [0.15, 0.2) is 0 Å². The standard InChI is InChI=1S/C21H19N3O4S.C3H6O2/c1-24-13-18(16-10-11-22-20(16)21(24)25)17-12-14(23-29(2,26)27)8-9-19(17)28-15-6-4-3-5-7-15;1-2-5-3-4/h3-13,22-23H,1-2H3;3H,2H2,1H3. The molecule has 0 unspecified atom stereocenters. The SMILES string of the molecule is CCOC=O.Cn1cc(-c2cc(NS(C)(=O)=O)ccc2Oc2ccccc2)c2cc[nH]c2c1=O. The number of carbonyl (C=O) groups excluding carboxylic acids is 1. The molecule has 0 fully saturated rings. The largest absolute Gasteiger partial charge is 0.468 e. The number of aromatic amines is 1. The van der Waals surface area contributed by atoms with Gasteiger partial charge >= 0.3 is 0 Å². The number of nitrogens with zero attached hydrogens (tertiary/aromatic N) is 1. The summed E-state index contributed by atoms with van der Waals surface area (Å²) in [5, 5.41) is 0.725. The average Bonchev–Trinajstić information content (AvgIpc) is 3.28. The number of hydrogen-bond donors (Lipinski definition) is 2. The fourth-order valence-corrected chi connectivity index (χ4v) is 3.83.